The molecule has 0 spiro atoms. The van der Waals surface area contributed by atoms with Crippen LogP contribution in [0.15, 0.2) is 77.7 Å². The topological polar surface area (TPSA) is 244 Å². The molecule has 2 aliphatic heterocycles. The standard InChI is InChI=1S/C47H51F2N11O9/c1-58(37-11-12-39(62)56-45(37)65)47(66)40-31(26-61)3-2-4-34(40)50-15-18-67-19-16-59-17-20-68-33(24-59)23-53-43(63)29-7-9-32(10-8-29)60-25-35(41(57-60)42(48)49)54-44(64)36-27-69-46(55-36)30-13-14-51-38(21-30)52-22-28-5-6-28/h2-4,7-10,13-14,21,25-28,33,37,42,50H,5-6,11-12,15-20,22-24H2,1H3,(H,51,52)(H,53,63)(H,54,64)(H,56,62,65)/t33-,37?/m0/s1. The largest absolute Gasteiger partial charge is 0.444 e. The van der Waals surface area contributed by atoms with Crippen molar-refractivity contribution in [2.45, 2.75) is 44.3 Å². The third-order valence-electron chi connectivity index (χ3n) is 11.9. The zero-order valence-corrected chi connectivity index (χ0v) is 37.6. The smallest absolute Gasteiger partial charge is 0.284 e. The minimum Gasteiger partial charge on any atom is -0.444 e. The van der Waals surface area contributed by atoms with Gasteiger partial charge in [-0.15, -0.1) is 0 Å². The molecule has 1 aliphatic carbocycles. The molecule has 22 heteroatoms. The predicted molar refractivity (Wildman–Crippen MR) is 245 cm³/mol. The van der Waals surface area contributed by atoms with Gasteiger partial charge in [-0.25, -0.2) is 23.4 Å². The second-order valence-electron chi connectivity index (χ2n) is 16.8. The van der Waals surface area contributed by atoms with Gasteiger partial charge >= 0.3 is 0 Å². The third kappa shape index (κ3) is 12.2. The Morgan fingerprint density at radius 2 is 1.84 bits per heavy atom. The van der Waals surface area contributed by atoms with E-state index in [1.165, 1.54) is 53.9 Å². The fraction of sp³-hybridized carbons (Fsp3) is 0.383. The summed E-state index contributed by atoms with van der Waals surface area (Å²) in [5.41, 5.74) is 0.970. The van der Waals surface area contributed by atoms with Gasteiger partial charge in [0.05, 0.1) is 49.1 Å². The number of hydrogen-bond acceptors (Lipinski definition) is 15. The average molecular weight is 952 g/mol. The fourth-order valence-electron chi connectivity index (χ4n) is 7.86. The summed E-state index contributed by atoms with van der Waals surface area (Å²) in [5.74, 6) is -1.18. The van der Waals surface area contributed by atoms with Gasteiger partial charge in [-0.2, -0.15) is 5.10 Å². The number of pyridine rings is 1. The number of ether oxygens (including phenoxy) is 2. The summed E-state index contributed by atoms with van der Waals surface area (Å²) in [6.07, 6.45) is 3.93. The average Bonchev–Trinajstić information content (AvgIpc) is 3.88. The lowest BCUT2D eigenvalue weighted by Crippen LogP contribution is -2.53. The summed E-state index contributed by atoms with van der Waals surface area (Å²) in [7, 11) is 1.47. The molecule has 5 amide bonds. The number of aromatic nitrogens is 4. The number of alkyl halides is 2. The van der Waals surface area contributed by atoms with Gasteiger partial charge < -0.3 is 40.1 Å². The monoisotopic (exact) mass is 951 g/mol. The van der Waals surface area contributed by atoms with Gasteiger partial charge in [-0.1, -0.05) is 12.1 Å². The summed E-state index contributed by atoms with van der Waals surface area (Å²) >= 11 is 0. The highest BCUT2D eigenvalue weighted by atomic mass is 19.3. The summed E-state index contributed by atoms with van der Waals surface area (Å²) in [5, 5.41) is 18.0. The van der Waals surface area contributed by atoms with Crippen molar-refractivity contribution in [2.24, 2.45) is 5.92 Å². The number of carbonyl (C=O) groups is 6. The maximum Gasteiger partial charge on any atom is 0.284 e. The number of hydrogen-bond donors (Lipinski definition) is 5. The van der Waals surface area contributed by atoms with E-state index in [2.05, 4.69) is 46.6 Å². The Balaban J connectivity index is 0.771. The van der Waals surface area contributed by atoms with Crippen molar-refractivity contribution < 1.29 is 51.4 Å². The fourth-order valence-corrected chi connectivity index (χ4v) is 7.86. The highest BCUT2D eigenvalue weighted by Gasteiger charge is 2.34. The number of anilines is 3. The molecule has 2 aromatic carbocycles. The van der Waals surface area contributed by atoms with Crippen LogP contribution in [0.1, 0.15) is 79.4 Å². The van der Waals surface area contributed by atoms with Crippen LogP contribution in [0.2, 0.25) is 0 Å². The molecule has 3 aliphatic rings. The second-order valence-corrected chi connectivity index (χ2v) is 16.8. The van der Waals surface area contributed by atoms with Gasteiger partial charge in [-0.05, 0) is 67.6 Å². The van der Waals surface area contributed by atoms with Crippen LogP contribution >= 0.6 is 0 Å². The SMILES string of the molecule is CN(C(=O)c1c(C=O)cccc1NCCOCCN1CCO[C@@H](CNC(=O)c2ccc(-n3cc(NC(=O)c4coc(-c5ccnc(NCC6CC6)c5)n4)c(C(F)F)n3)cc2)C1)C1CCC(=O)NC1=O. The first kappa shape index (κ1) is 48.0. The normalized spacial score (nSPS) is 17.3. The number of halogens is 2. The first-order chi connectivity index (χ1) is 33.4. The molecule has 20 nitrogen and oxygen atoms in total. The number of nitrogens with one attached hydrogen (secondary N) is 5. The quantitative estimate of drug-likeness (QED) is 0.0394. The number of likely N-dealkylation sites (N-methyl/N-ethyl adjacent to an activating group) is 1. The first-order valence-corrected chi connectivity index (χ1v) is 22.5. The highest BCUT2D eigenvalue weighted by Crippen LogP contribution is 2.30. The van der Waals surface area contributed by atoms with E-state index < -0.39 is 41.8 Å². The van der Waals surface area contributed by atoms with Crippen LogP contribution in [0.4, 0.5) is 26.0 Å². The van der Waals surface area contributed by atoms with Crippen LogP contribution in [0.5, 0.6) is 0 Å². The van der Waals surface area contributed by atoms with E-state index in [1.54, 1.807) is 42.6 Å². The minimum atomic E-state index is -3.01. The molecule has 5 aromatic rings. The van der Waals surface area contributed by atoms with Crippen molar-refractivity contribution in [1.82, 2.24) is 40.2 Å². The van der Waals surface area contributed by atoms with Gasteiger partial charge in [0.25, 0.3) is 24.1 Å². The molecule has 1 saturated carbocycles. The van der Waals surface area contributed by atoms with E-state index in [1.807, 2.05) is 0 Å². The van der Waals surface area contributed by atoms with E-state index in [4.69, 9.17) is 13.9 Å². The number of morpholine rings is 1. The van der Waals surface area contributed by atoms with Crippen molar-refractivity contribution in [2.75, 3.05) is 82.1 Å². The number of amides is 5. The van der Waals surface area contributed by atoms with Gasteiger partial charge in [-0.3, -0.25) is 39.0 Å². The van der Waals surface area contributed by atoms with Crippen molar-refractivity contribution in [3.8, 4) is 17.1 Å². The molecule has 8 rings (SSSR count). The second kappa shape index (κ2) is 22.1. The molecular weight excluding hydrogens is 901 g/mol. The van der Waals surface area contributed by atoms with Crippen molar-refractivity contribution >= 4 is 53.0 Å². The highest BCUT2D eigenvalue weighted by molar-refractivity contribution is 6.09. The zero-order chi connectivity index (χ0) is 48.4. The Morgan fingerprint density at radius 1 is 1.01 bits per heavy atom. The number of benzene rings is 2. The molecule has 0 radical (unpaired) electrons. The molecule has 5 heterocycles. The van der Waals surface area contributed by atoms with E-state index in [0.717, 1.165) is 12.8 Å². The van der Waals surface area contributed by atoms with Gasteiger partial charge in [0, 0.05) is 81.3 Å². The number of rotatable bonds is 21. The van der Waals surface area contributed by atoms with Crippen molar-refractivity contribution in [1.29, 1.82) is 0 Å². The molecule has 0 bridgehead atoms. The number of piperidine rings is 1. The van der Waals surface area contributed by atoms with Gasteiger partial charge in [0.2, 0.25) is 17.7 Å². The third-order valence-corrected chi connectivity index (χ3v) is 11.9. The molecule has 69 heavy (non-hydrogen) atoms. The van der Waals surface area contributed by atoms with E-state index in [0.29, 0.717) is 79.9 Å². The van der Waals surface area contributed by atoms with Crippen LogP contribution in [-0.2, 0) is 19.1 Å². The number of nitrogens with zero attached hydrogens (tertiary/aromatic N) is 6. The number of oxazole rings is 1. The molecule has 1 unspecified atom stereocenters. The molecule has 2 atom stereocenters. The lowest BCUT2D eigenvalue weighted by molar-refractivity contribution is -0.136. The molecule has 362 valence electrons. The Labute approximate surface area is 394 Å². The maximum atomic E-state index is 14.1. The Hall–Kier alpha value is -7.43. The van der Waals surface area contributed by atoms with Crippen LogP contribution in [0.25, 0.3) is 17.1 Å². The summed E-state index contributed by atoms with van der Waals surface area (Å²) in [6.45, 7) is 4.29. The molecule has 2 saturated heterocycles. The number of imide groups is 1. The summed E-state index contributed by atoms with van der Waals surface area (Å²) in [6, 6.07) is 13.6. The molecular formula is C47H51F2N11O9. The van der Waals surface area contributed by atoms with E-state index in [-0.39, 0.29) is 66.4 Å². The van der Waals surface area contributed by atoms with Crippen LogP contribution in [0.3, 0.4) is 0 Å². The Bertz CT molecular complexity index is 2670. The Kier molecular flexibility index (Phi) is 15.4. The molecule has 5 N–H and O–H groups in total. The Morgan fingerprint density at radius 3 is 2.61 bits per heavy atom. The van der Waals surface area contributed by atoms with E-state index >= 15 is 0 Å². The predicted octanol–water partition coefficient (Wildman–Crippen LogP) is 4.18. The maximum absolute atomic E-state index is 14.1. The zero-order valence-electron chi connectivity index (χ0n) is 37.6. The van der Waals surface area contributed by atoms with Crippen molar-refractivity contribution in [3.05, 3.63) is 101 Å². The summed E-state index contributed by atoms with van der Waals surface area (Å²) < 4.78 is 46.7. The number of aldehydes is 1. The lowest BCUT2D eigenvalue weighted by atomic mass is 10.0. The minimum absolute atomic E-state index is 0.104. The van der Waals surface area contributed by atoms with Crippen LogP contribution < -0.4 is 26.6 Å². The van der Waals surface area contributed by atoms with Crippen molar-refractivity contribution in [3.63, 3.8) is 0 Å². The number of carbonyl (C=O) groups excluding carboxylic acids is 6. The van der Waals surface area contributed by atoms with E-state index in [9.17, 15) is 37.5 Å². The van der Waals surface area contributed by atoms with Crippen LogP contribution in [0, 0.1) is 5.92 Å². The van der Waals surface area contributed by atoms with Crippen LogP contribution in [-0.4, -0.2) is 144 Å². The summed E-state index contributed by atoms with van der Waals surface area (Å²) in [4.78, 5) is 87.7. The van der Waals surface area contributed by atoms with Gasteiger partial charge in [0.15, 0.2) is 17.7 Å². The van der Waals surface area contributed by atoms with Gasteiger partial charge in [0.1, 0.15) is 18.1 Å². The lowest BCUT2D eigenvalue weighted by Gasteiger charge is -2.32. The molecule has 3 fully saturated rings. The molecule has 3 aromatic heterocycles. The first-order valence-electron chi connectivity index (χ1n) is 22.5.